The molecule has 1 aromatic carbocycles. The molecule has 2 aromatic rings. The van der Waals surface area contributed by atoms with Gasteiger partial charge in [-0.25, -0.2) is 9.97 Å². The van der Waals surface area contributed by atoms with Crippen LogP contribution in [0, 0.1) is 13.8 Å². The Hall–Kier alpha value is -2.43. The van der Waals surface area contributed by atoms with E-state index >= 15 is 0 Å². The number of nitrogens with zero attached hydrogens (tertiary/aromatic N) is 2. The van der Waals surface area contributed by atoms with Gasteiger partial charge in [0.2, 0.25) is 5.95 Å². The lowest BCUT2D eigenvalue weighted by Gasteiger charge is -2.13. The van der Waals surface area contributed by atoms with Gasteiger partial charge in [-0.2, -0.15) is 0 Å². The van der Waals surface area contributed by atoms with E-state index in [1.807, 2.05) is 32.0 Å². The van der Waals surface area contributed by atoms with Crippen molar-refractivity contribution in [3.05, 3.63) is 52.8 Å². The van der Waals surface area contributed by atoms with Gasteiger partial charge in [-0.1, -0.05) is 36.8 Å². The number of anilines is 1. The molecular weight excluding hydrogens is 288 g/mol. The number of amides is 1. The average Bonchev–Trinajstić information content (AvgIpc) is 2.52. The van der Waals surface area contributed by atoms with Crippen molar-refractivity contribution >= 4 is 11.9 Å². The van der Waals surface area contributed by atoms with E-state index in [0.29, 0.717) is 18.2 Å². The summed E-state index contributed by atoms with van der Waals surface area (Å²) in [7, 11) is 0. The first-order chi connectivity index (χ1) is 11.0. The topological polar surface area (TPSA) is 66.9 Å². The van der Waals surface area contributed by atoms with E-state index in [4.69, 9.17) is 0 Å². The third-order valence-corrected chi connectivity index (χ3v) is 3.61. The van der Waals surface area contributed by atoms with Crippen LogP contribution in [-0.2, 0) is 6.54 Å². The highest BCUT2D eigenvalue weighted by Crippen LogP contribution is 2.08. The molecule has 0 aliphatic heterocycles. The summed E-state index contributed by atoms with van der Waals surface area (Å²) in [6, 6.07) is 10.0. The minimum atomic E-state index is -0.191. The monoisotopic (exact) mass is 312 g/mol. The third-order valence-electron chi connectivity index (χ3n) is 3.61. The van der Waals surface area contributed by atoms with Gasteiger partial charge in [0, 0.05) is 18.3 Å². The molecule has 1 unspecified atom stereocenters. The zero-order chi connectivity index (χ0) is 16.8. The first-order valence-corrected chi connectivity index (χ1v) is 7.94. The van der Waals surface area contributed by atoms with E-state index in [1.165, 1.54) is 5.56 Å². The zero-order valence-electron chi connectivity index (χ0n) is 14.2. The quantitative estimate of drug-likeness (QED) is 0.859. The van der Waals surface area contributed by atoms with E-state index in [9.17, 15) is 4.79 Å². The van der Waals surface area contributed by atoms with Crippen molar-refractivity contribution in [1.29, 1.82) is 0 Å². The van der Waals surface area contributed by atoms with Crippen LogP contribution in [0.15, 0.2) is 30.3 Å². The molecule has 2 N–H and O–H groups in total. The van der Waals surface area contributed by atoms with Gasteiger partial charge >= 0.3 is 0 Å². The van der Waals surface area contributed by atoms with Gasteiger partial charge < -0.3 is 10.6 Å². The smallest absolute Gasteiger partial charge is 0.270 e. The van der Waals surface area contributed by atoms with E-state index in [1.54, 1.807) is 6.07 Å². The number of aryl methyl sites for hydroxylation is 2. The molecule has 0 aliphatic rings. The van der Waals surface area contributed by atoms with Crippen molar-refractivity contribution in [3.8, 4) is 0 Å². The number of rotatable bonds is 6. The van der Waals surface area contributed by atoms with Gasteiger partial charge in [0.15, 0.2) is 0 Å². The largest absolute Gasteiger partial charge is 0.352 e. The van der Waals surface area contributed by atoms with Gasteiger partial charge in [-0.05, 0) is 38.8 Å². The minimum Gasteiger partial charge on any atom is -0.352 e. The molecule has 1 amide bonds. The van der Waals surface area contributed by atoms with Crippen LogP contribution >= 0.6 is 0 Å². The Morgan fingerprint density at radius 1 is 1.22 bits per heavy atom. The Labute approximate surface area is 137 Å². The predicted octanol–water partition coefficient (Wildman–Crippen LogP) is 3.23. The van der Waals surface area contributed by atoms with Crippen molar-refractivity contribution < 1.29 is 4.79 Å². The van der Waals surface area contributed by atoms with Gasteiger partial charge in [-0.15, -0.1) is 0 Å². The van der Waals surface area contributed by atoms with E-state index in [-0.39, 0.29) is 11.9 Å². The van der Waals surface area contributed by atoms with Crippen molar-refractivity contribution in [2.24, 2.45) is 0 Å². The molecule has 0 aliphatic carbocycles. The summed E-state index contributed by atoms with van der Waals surface area (Å²) in [5.41, 5.74) is 3.40. The fraction of sp³-hybridized carbons (Fsp3) is 0.389. The SMILES string of the molecule is CCC(C)Nc1nc(C)cc(C(=O)NCc2cccc(C)c2)n1. The summed E-state index contributed by atoms with van der Waals surface area (Å²) in [4.78, 5) is 21.0. The second kappa shape index (κ2) is 7.72. The van der Waals surface area contributed by atoms with Crippen LogP contribution in [0.2, 0.25) is 0 Å². The Kier molecular flexibility index (Phi) is 5.68. The summed E-state index contributed by atoms with van der Waals surface area (Å²) in [5, 5.41) is 6.11. The Morgan fingerprint density at radius 2 is 2.00 bits per heavy atom. The third kappa shape index (κ3) is 5.06. The molecule has 1 heterocycles. The van der Waals surface area contributed by atoms with Gasteiger partial charge in [0.1, 0.15) is 5.69 Å². The molecule has 1 atom stereocenters. The number of aromatic nitrogens is 2. The predicted molar refractivity (Wildman–Crippen MR) is 92.5 cm³/mol. The number of benzene rings is 1. The number of hydrogen-bond acceptors (Lipinski definition) is 4. The second-order valence-corrected chi connectivity index (χ2v) is 5.84. The lowest BCUT2D eigenvalue weighted by Crippen LogP contribution is -2.25. The highest BCUT2D eigenvalue weighted by molar-refractivity contribution is 5.92. The molecule has 1 aromatic heterocycles. The number of hydrogen-bond donors (Lipinski definition) is 2. The van der Waals surface area contributed by atoms with Crippen molar-refractivity contribution in [2.75, 3.05) is 5.32 Å². The molecule has 2 rings (SSSR count). The summed E-state index contributed by atoms with van der Waals surface area (Å²) < 4.78 is 0. The molecule has 0 radical (unpaired) electrons. The van der Waals surface area contributed by atoms with Crippen LogP contribution in [0.5, 0.6) is 0 Å². The average molecular weight is 312 g/mol. The molecule has 5 nitrogen and oxygen atoms in total. The summed E-state index contributed by atoms with van der Waals surface area (Å²) in [6.45, 7) is 8.52. The van der Waals surface area contributed by atoms with Crippen molar-refractivity contribution in [2.45, 2.75) is 46.7 Å². The molecule has 0 saturated heterocycles. The fourth-order valence-corrected chi connectivity index (χ4v) is 2.17. The lowest BCUT2D eigenvalue weighted by atomic mass is 10.1. The maximum atomic E-state index is 12.3. The number of carbonyl (C=O) groups excluding carboxylic acids is 1. The fourth-order valence-electron chi connectivity index (χ4n) is 2.17. The number of nitrogens with one attached hydrogen (secondary N) is 2. The molecule has 23 heavy (non-hydrogen) atoms. The first kappa shape index (κ1) is 16.9. The maximum Gasteiger partial charge on any atom is 0.270 e. The van der Waals surface area contributed by atoms with E-state index in [0.717, 1.165) is 17.7 Å². The normalized spacial score (nSPS) is 11.8. The zero-order valence-corrected chi connectivity index (χ0v) is 14.2. The van der Waals surface area contributed by atoms with Crippen molar-refractivity contribution in [3.63, 3.8) is 0 Å². The summed E-state index contributed by atoms with van der Waals surface area (Å²) in [6.07, 6.45) is 0.964. The van der Waals surface area contributed by atoms with Gasteiger partial charge in [0.05, 0.1) is 0 Å². The van der Waals surface area contributed by atoms with Gasteiger partial charge in [-0.3, -0.25) is 4.79 Å². The molecule has 0 saturated carbocycles. The summed E-state index contributed by atoms with van der Waals surface area (Å²) in [5.74, 6) is 0.310. The Bertz CT molecular complexity index is 684. The van der Waals surface area contributed by atoms with Gasteiger partial charge in [0.25, 0.3) is 5.91 Å². The summed E-state index contributed by atoms with van der Waals surface area (Å²) >= 11 is 0. The lowest BCUT2D eigenvalue weighted by molar-refractivity contribution is 0.0945. The maximum absolute atomic E-state index is 12.3. The Balaban J connectivity index is 2.06. The Morgan fingerprint density at radius 3 is 2.70 bits per heavy atom. The van der Waals surface area contributed by atoms with Crippen LogP contribution in [0.4, 0.5) is 5.95 Å². The molecule has 0 bridgehead atoms. The van der Waals surface area contributed by atoms with Crippen LogP contribution in [0.1, 0.15) is 47.6 Å². The van der Waals surface area contributed by atoms with Crippen LogP contribution in [0.25, 0.3) is 0 Å². The van der Waals surface area contributed by atoms with E-state index < -0.39 is 0 Å². The van der Waals surface area contributed by atoms with Crippen molar-refractivity contribution in [1.82, 2.24) is 15.3 Å². The van der Waals surface area contributed by atoms with Crippen LogP contribution in [-0.4, -0.2) is 21.9 Å². The van der Waals surface area contributed by atoms with Crippen LogP contribution in [0.3, 0.4) is 0 Å². The standard InChI is InChI=1S/C18H24N4O/c1-5-13(3)20-18-21-14(4)10-16(22-18)17(23)19-11-15-8-6-7-12(2)9-15/h6-10,13H,5,11H2,1-4H3,(H,19,23)(H,20,21,22). The second-order valence-electron chi connectivity index (χ2n) is 5.84. The highest BCUT2D eigenvalue weighted by Gasteiger charge is 2.11. The first-order valence-electron chi connectivity index (χ1n) is 7.94. The number of carbonyl (C=O) groups is 1. The molecule has 0 spiro atoms. The van der Waals surface area contributed by atoms with E-state index in [2.05, 4.69) is 40.5 Å². The van der Waals surface area contributed by atoms with Crippen LogP contribution < -0.4 is 10.6 Å². The molecule has 0 fully saturated rings. The molecule has 5 heteroatoms. The molecule has 122 valence electrons. The highest BCUT2D eigenvalue weighted by atomic mass is 16.1. The minimum absolute atomic E-state index is 0.191. The molecular formula is C18H24N4O.